The van der Waals surface area contributed by atoms with Gasteiger partial charge in [0.1, 0.15) is 11.5 Å². The molecular formula is C16H21NO2. The molecule has 0 amide bonds. The van der Waals surface area contributed by atoms with Crippen molar-refractivity contribution in [1.82, 2.24) is 5.32 Å². The molecular weight excluding hydrogens is 238 g/mol. The third-order valence-electron chi connectivity index (χ3n) is 3.26. The molecule has 0 aliphatic heterocycles. The summed E-state index contributed by atoms with van der Waals surface area (Å²) in [6, 6.07) is 12.4. The van der Waals surface area contributed by atoms with E-state index in [2.05, 4.69) is 24.4 Å². The number of benzene rings is 1. The van der Waals surface area contributed by atoms with E-state index in [9.17, 15) is 0 Å². The summed E-state index contributed by atoms with van der Waals surface area (Å²) in [6.07, 6.45) is 3.64. The van der Waals surface area contributed by atoms with Gasteiger partial charge in [0.2, 0.25) is 0 Å². The van der Waals surface area contributed by atoms with Crippen molar-refractivity contribution in [2.45, 2.75) is 25.8 Å². The van der Waals surface area contributed by atoms with E-state index >= 15 is 0 Å². The van der Waals surface area contributed by atoms with Gasteiger partial charge in [0.25, 0.3) is 0 Å². The van der Waals surface area contributed by atoms with E-state index in [1.165, 1.54) is 5.56 Å². The van der Waals surface area contributed by atoms with E-state index < -0.39 is 0 Å². The maximum absolute atomic E-state index is 5.42. The zero-order valence-corrected chi connectivity index (χ0v) is 11.6. The molecule has 1 aromatic carbocycles. The first-order valence-electron chi connectivity index (χ1n) is 6.73. The van der Waals surface area contributed by atoms with Crippen molar-refractivity contribution in [2.75, 3.05) is 13.7 Å². The number of ether oxygens (including phenoxy) is 1. The van der Waals surface area contributed by atoms with Crippen molar-refractivity contribution >= 4 is 0 Å². The zero-order chi connectivity index (χ0) is 13.5. The zero-order valence-electron chi connectivity index (χ0n) is 11.6. The Morgan fingerprint density at radius 1 is 1.21 bits per heavy atom. The third-order valence-corrected chi connectivity index (χ3v) is 3.26. The van der Waals surface area contributed by atoms with E-state index in [1.54, 1.807) is 13.4 Å². The summed E-state index contributed by atoms with van der Waals surface area (Å²) >= 11 is 0. The summed E-state index contributed by atoms with van der Waals surface area (Å²) in [6.45, 7) is 3.07. The predicted octanol–water partition coefficient (Wildman–Crippen LogP) is 3.57. The second-order valence-corrected chi connectivity index (χ2v) is 4.49. The summed E-state index contributed by atoms with van der Waals surface area (Å²) in [4.78, 5) is 0. The molecule has 102 valence electrons. The first-order valence-corrected chi connectivity index (χ1v) is 6.73. The van der Waals surface area contributed by atoms with Crippen molar-refractivity contribution < 1.29 is 9.15 Å². The van der Waals surface area contributed by atoms with Crippen LogP contribution in [0.1, 0.15) is 30.7 Å². The van der Waals surface area contributed by atoms with Gasteiger partial charge < -0.3 is 14.5 Å². The lowest BCUT2D eigenvalue weighted by molar-refractivity contribution is 0.395. The minimum Gasteiger partial charge on any atom is -0.496 e. The van der Waals surface area contributed by atoms with Crippen LogP contribution < -0.4 is 10.1 Å². The Morgan fingerprint density at radius 2 is 2.05 bits per heavy atom. The van der Waals surface area contributed by atoms with Crippen LogP contribution in [-0.2, 0) is 6.42 Å². The summed E-state index contributed by atoms with van der Waals surface area (Å²) in [5, 5.41) is 3.56. The van der Waals surface area contributed by atoms with Gasteiger partial charge in [0, 0.05) is 24.6 Å². The number of furan rings is 1. The highest BCUT2D eigenvalue weighted by Gasteiger charge is 2.13. The number of para-hydroxylation sites is 1. The highest BCUT2D eigenvalue weighted by Crippen LogP contribution is 2.26. The van der Waals surface area contributed by atoms with Crippen LogP contribution in [0.3, 0.4) is 0 Å². The van der Waals surface area contributed by atoms with Crippen LogP contribution in [0.25, 0.3) is 0 Å². The van der Waals surface area contributed by atoms with Gasteiger partial charge in [-0.15, -0.1) is 0 Å². The fraction of sp³-hybridized carbons (Fsp3) is 0.375. The Kier molecular flexibility index (Phi) is 5.04. The van der Waals surface area contributed by atoms with Crippen LogP contribution in [0, 0.1) is 0 Å². The molecule has 1 N–H and O–H groups in total. The molecule has 0 radical (unpaired) electrons. The summed E-state index contributed by atoms with van der Waals surface area (Å²) in [5.74, 6) is 1.96. The average molecular weight is 259 g/mol. The Hall–Kier alpha value is -1.74. The molecule has 2 aromatic rings. The second kappa shape index (κ2) is 7.00. The molecule has 0 aliphatic rings. The molecule has 0 bridgehead atoms. The molecule has 2 rings (SSSR count). The SMILES string of the molecule is CCC(NCCc1ccco1)c1ccccc1OC. The van der Waals surface area contributed by atoms with Crippen LogP contribution in [-0.4, -0.2) is 13.7 Å². The highest BCUT2D eigenvalue weighted by atomic mass is 16.5. The van der Waals surface area contributed by atoms with E-state index in [0.717, 1.165) is 30.9 Å². The number of rotatable bonds is 7. The molecule has 1 aromatic heterocycles. The minimum absolute atomic E-state index is 0.311. The van der Waals surface area contributed by atoms with E-state index in [0.29, 0.717) is 6.04 Å². The lowest BCUT2D eigenvalue weighted by Crippen LogP contribution is -2.23. The number of methoxy groups -OCH3 is 1. The Balaban J connectivity index is 1.95. The van der Waals surface area contributed by atoms with Crippen molar-refractivity contribution in [3.8, 4) is 5.75 Å². The van der Waals surface area contributed by atoms with Crippen molar-refractivity contribution in [2.24, 2.45) is 0 Å². The van der Waals surface area contributed by atoms with Gasteiger partial charge in [-0.1, -0.05) is 25.1 Å². The van der Waals surface area contributed by atoms with Gasteiger partial charge in [-0.3, -0.25) is 0 Å². The van der Waals surface area contributed by atoms with Crippen LogP contribution in [0.4, 0.5) is 0 Å². The van der Waals surface area contributed by atoms with E-state index in [-0.39, 0.29) is 0 Å². The smallest absolute Gasteiger partial charge is 0.123 e. The van der Waals surface area contributed by atoms with Crippen LogP contribution in [0.5, 0.6) is 5.75 Å². The maximum atomic E-state index is 5.42. The number of nitrogens with one attached hydrogen (secondary N) is 1. The molecule has 0 saturated heterocycles. The van der Waals surface area contributed by atoms with Gasteiger partial charge in [0.15, 0.2) is 0 Å². The molecule has 0 spiro atoms. The monoisotopic (exact) mass is 259 g/mol. The highest BCUT2D eigenvalue weighted by molar-refractivity contribution is 5.35. The van der Waals surface area contributed by atoms with Gasteiger partial charge in [0.05, 0.1) is 13.4 Å². The lowest BCUT2D eigenvalue weighted by atomic mass is 10.0. The molecule has 3 heteroatoms. The van der Waals surface area contributed by atoms with Crippen LogP contribution in [0.2, 0.25) is 0 Å². The number of hydrogen-bond acceptors (Lipinski definition) is 3. The molecule has 3 nitrogen and oxygen atoms in total. The molecule has 0 saturated carbocycles. The minimum atomic E-state index is 0.311. The van der Waals surface area contributed by atoms with Gasteiger partial charge in [-0.25, -0.2) is 0 Å². The van der Waals surface area contributed by atoms with Gasteiger partial charge in [-0.05, 0) is 24.6 Å². The Labute approximate surface area is 114 Å². The quantitative estimate of drug-likeness (QED) is 0.825. The summed E-state index contributed by atoms with van der Waals surface area (Å²) in [5.41, 5.74) is 1.21. The molecule has 1 heterocycles. The summed E-state index contributed by atoms with van der Waals surface area (Å²) in [7, 11) is 1.72. The lowest BCUT2D eigenvalue weighted by Gasteiger charge is -2.19. The predicted molar refractivity (Wildman–Crippen MR) is 76.4 cm³/mol. The van der Waals surface area contributed by atoms with Crippen LogP contribution >= 0.6 is 0 Å². The van der Waals surface area contributed by atoms with Gasteiger partial charge in [-0.2, -0.15) is 0 Å². The van der Waals surface area contributed by atoms with Crippen molar-refractivity contribution in [1.29, 1.82) is 0 Å². The maximum Gasteiger partial charge on any atom is 0.123 e. The normalized spacial score (nSPS) is 12.3. The molecule has 1 unspecified atom stereocenters. The topological polar surface area (TPSA) is 34.4 Å². The Bertz CT molecular complexity index is 479. The second-order valence-electron chi connectivity index (χ2n) is 4.49. The molecule has 0 fully saturated rings. The fourth-order valence-electron chi connectivity index (χ4n) is 2.25. The van der Waals surface area contributed by atoms with Crippen LogP contribution in [0.15, 0.2) is 47.1 Å². The first kappa shape index (κ1) is 13.7. The molecule has 1 atom stereocenters. The van der Waals surface area contributed by atoms with Gasteiger partial charge >= 0.3 is 0 Å². The van der Waals surface area contributed by atoms with E-state index in [1.807, 2.05) is 24.3 Å². The molecule has 0 aliphatic carbocycles. The van der Waals surface area contributed by atoms with E-state index in [4.69, 9.17) is 9.15 Å². The Morgan fingerprint density at radius 3 is 2.74 bits per heavy atom. The van der Waals surface area contributed by atoms with Crippen molar-refractivity contribution in [3.05, 3.63) is 54.0 Å². The fourth-order valence-corrected chi connectivity index (χ4v) is 2.25. The average Bonchev–Trinajstić information content (AvgIpc) is 2.97. The summed E-state index contributed by atoms with van der Waals surface area (Å²) < 4.78 is 10.8. The first-order chi connectivity index (χ1) is 9.35. The number of hydrogen-bond donors (Lipinski definition) is 1. The molecule has 19 heavy (non-hydrogen) atoms. The largest absolute Gasteiger partial charge is 0.496 e. The standard InChI is InChI=1S/C16H21NO2/c1-3-15(14-8-4-5-9-16(14)18-2)17-11-10-13-7-6-12-19-13/h4-9,12,15,17H,3,10-11H2,1-2H3. The van der Waals surface area contributed by atoms with Crippen molar-refractivity contribution in [3.63, 3.8) is 0 Å². The third kappa shape index (κ3) is 3.61.